The predicted molar refractivity (Wildman–Crippen MR) is 83.5 cm³/mol. The number of rotatable bonds is 3. The Morgan fingerprint density at radius 2 is 2.05 bits per heavy atom. The van der Waals surface area contributed by atoms with E-state index in [2.05, 4.69) is 21.8 Å². The molecule has 1 aromatic heterocycles. The molecule has 0 unspecified atom stereocenters. The number of nitrogens with zero attached hydrogens (tertiary/aromatic N) is 3. The number of ether oxygens (including phenoxy) is 1. The van der Waals surface area contributed by atoms with Gasteiger partial charge in [-0.15, -0.1) is 0 Å². The van der Waals surface area contributed by atoms with E-state index in [9.17, 15) is 4.39 Å². The van der Waals surface area contributed by atoms with E-state index in [0.29, 0.717) is 29.1 Å². The summed E-state index contributed by atoms with van der Waals surface area (Å²) in [4.78, 5) is 10.6. The van der Waals surface area contributed by atoms with Gasteiger partial charge >= 0.3 is 0 Å². The third-order valence-corrected chi connectivity index (χ3v) is 3.81. The van der Waals surface area contributed by atoms with Crippen molar-refractivity contribution >= 4 is 11.5 Å². The van der Waals surface area contributed by atoms with Gasteiger partial charge in [-0.1, -0.05) is 6.92 Å². The molecule has 1 aliphatic rings. The molecule has 116 valence electrons. The van der Waals surface area contributed by atoms with Crippen molar-refractivity contribution < 1.29 is 9.13 Å². The molecule has 22 heavy (non-hydrogen) atoms. The van der Waals surface area contributed by atoms with Crippen LogP contribution in [0.1, 0.15) is 19.8 Å². The van der Waals surface area contributed by atoms with Crippen LogP contribution in [0.5, 0.6) is 11.6 Å². The highest BCUT2D eigenvalue weighted by Crippen LogP contribution is 2.33. The van der Waals surface area contributed by atoms with Crippen molar-refractivity contribution in [2.24, 2.45) is 5.92 Å². The average Bonchev–Trinajstić information content (AvgIpc) is 2.51. The van der Waals surface area contributed by atoms with Gasteiger partial charge in [0.15, 0.2) is 5.82 Å². The molecule has 2 heterocycles. The molecule has 0 radical (unpaired) electrons. The van der Waals surface area contributed by atoms with Crippen molar-refractivity contribution in [2.45, 2.75) is 19.8 Å². The van der Waals surface area contributed by atoms with Crippen LogP contribution in [0.2, 0.25) is 0 Å². The minimum absolute atomic E-state index is 0.301. The molecule has 5 nitrogen and oxygen atoms in total. The average molecular weight is 302 g/mol. The Morgan fingerprint density at radius 1 is 1.27 bits per heavy atom. The fraction of sp³-hybridized carbons (Fsp3) is 0.375. The molecular weight excluding hydrogens is 283 g/mol. The van der Waals surface area contributed by atoms with Gasteiger partial charge in [0.05, 0.1) is 0 Å². The van der Waals surface area contributed by atoms with Crippen molar-refractivity contribution in [1.82, 2.24) is 9.97 Å². The molecule has 0 amide bonds. The Hall–Kier alpha value is -2.37. The summed E-state index contributed by atoms with van der Waals surface area (Å²) in [5.74, 6) is 1.80. The molecule has 1 aromatic carbocycles. The summed E-state index contributed by atoms with van der Waals surface area (Å²) in [7, 11) is 0. The lowest BCUT2D eigenvalue weighted by Gasteiger charge is -2.32. The highest BCUT2D eigenvalue weighted by molar-refractivity contribution is 5.68. The lowest BCUT2D eigenvalue weighted by molar-refractivity contribution is 0.441. The molecule has 6 heteroatoms. The Kier molecular flexibility index (Phi) is 4.09. The molecule has 1 saturated heterocycles. The van der Waals surface area contributed by atoms with Gasteiger partial charge in [0.25, 0.3) is 0 Å². The third kappa shape index (κ3) is 3.10. The topological polar surface area (TPSA) is 64.3 Å². The smallest absolute Gasteiger partial charge is 0.248 e. The SMILES string of the molecule is C[C@@H]1CCCN(c2ncnc(Oc3ccc(F)cc3)c2N)C1. The first-order chi connectivity index (χ1) is 10.6. The molecule has 1 atom stereocenters. The van der Waals surface area contributed by atoms with E-state index < -0.39 is 0 Å². The van der Waals surface area contributed by atoms with Gasteiger partial charge in [-0.3, -0.25) is 0 Å². The summed E-state index contributed by atoms with van der Waals surface area (Å²) in [5, 5.41) is 0. The van der Waals surface area contributed by atoms with Crippen LogP contribution in [0.3, 0.4) is 0 Å². The Morgan fingerprint density at radius 3 is 2.77 bits per heavy atom. The quantitative estimate of drug-likeness (QED) is 0.943. The molecule has 0 bridgehead atoms. The molecule has 3 rings (SSSR count). The maximum Gasteiger partial charge on any atom is 0.248 e. The largest absolute Gasteiger partial charge is 0.437 e. The van der Waals surface area contributed by atoms with Crippen molar-refractivity contribution in [3.8, 4) is 11.6 Å². The van der Waals surface area contributed by atoms with Gasteiger partial charge in [-0.25, -0.2) is 9.37 Å². The fourth-order valence-corrected chi connectivity index (χ4v) is 2.70. The van der Waals surface area contributed by atoms with Crippen molar-refractivity contribution in [3.63, 3.8) is 0 Å². The van der Waals surface area contributed by atoms with Crippen LogP contribution in [0.15, 0.2) is 30.6 Å². The number of halogens is 1. The third-order valence-electron chi connectivity index (χ3n) is 3.81. The predicted octanol–water partition coefficient (Wildman–Crippen LogP) is 3.23. The monoisotopic (exact) mass is 302 g/mol. The Labute approximate surface area is 128 Å². The Balaban J connectivity index is 1.83. The summed E-state index contributed by atoms with van der Waals surface area (Å²) in [5.41, 5.74) is 6.59. The molecule has 0 aliphatic carbocycles. The van der Waals surface area contributed by atoms with Gasteiger partial charge in [0, 0.05) is 13.1 Å². The number of benzene rings is 1. The molecule has 2 N–H and O–H groups in total. The standard InChI is InChI=1S/C16H19FN4O/c1-11-3-2-8-21(9-11)15-14(18)16(20-10-19-15)22-13-6-4-12(17)5-7-13/h4-7,10-11H,2-3,8-9,18H2,1H3/t11-/m1/s1. The zero-order valence-electron chi connectivity index (χ0n) is 12.5. The zero-order valence-corrected chi connectivity index (χ0v) is 12.5. The van der Waals surface area contributed by atoms with Crippen LogP contribution in [0.4, 0.5) is 15.9 Å². The Bertz CT molecular complexity index is 647. The maximum atomic E-state index is 12.9. The van der Waals surface area contributed by atoms with Crippen LogP contribution in [0.25, 0.3) is 0 Å². The molecule has 1 fully saturated rings. The van der Waals surface area contributed by atoms with Crippen molar-refractivity contribution in [2.75, 3.05) is 23.7 Å². The highest BCUT2D eigenvalue weighted by Gasteiger charge is 2.21. The second-order valence-corrected chi connectivity index (χ2v) is 5.67. The normalized spacial score (nSPS) is 18.3. The second kappa shape index (κ2) is 6.17. The van der Waals surface area contributed by atoms with E-state index >= 15 is 0 Å². The zero-order chi connectivity index (χ0) is 15.5. The minimum Gasteiger partial charge on any atom is -0.437 e. The number of aromatic nitrogens is 2. The molecule has 2 aromatic rings. The number of nitrogens with two attached hydrogens (primary N) is 1. The number of hydrogen-bond acceptors (Lipinski definition) is 5. The number of piperidine rings is 1. The summed E-state index contributed by atoms with van der Waals surface area (Å²) in [6, 6.07) is 5.75. The molecule has 0 spiro atoms. The van der Waals surface area contributed by atoms with Gasteiger partial charge < -0.3 is 15.4 Å². The first-order valence-electron chi connectivity index (χ1n) is 7.42. The van der Waals surface area contributed by atoms with E-state index in [1.54, 1.807) is 12.1 Å². The van der Waals surface area contributed by atoms with Crippen LogP contribution < -0.4 is 15.4 Å². The van der Waals surface area contributed by atoms with Crippen molar-refractivity contribution in [1.29, 1.82) is 0 Å². The summed E-state index contributed by atoms with van der Waals surface area (Å²) in [6.45, 7) is 4.08. The van der Waals surface area contributed by atoms with Gasteiger partial charge in [0.2, 0.25) is 5.88 Å². The van der Waals surface area contributed by atoms with Crippen LogP contribution >= 0.6 is 0 Å². The number of nitrogen functional groups attached to an aromatic ring is 1. The van der Waals surface area contributed by atoms with E-state index in [4.69, 9.17) is 10.5 Å². The number of anilines is 2. The van der Waals surface area contributed by atoms with E-state index in [0.717, 1.165) is 19.5 Å². The lowest BCUT2D eigenvalue weighted by Crippen LogP contribution is -2.35. The first kappa shape index (κ1) is 14.6. The lowest BCUT2D eigenvalue weighted by atomic mass is 10.0. The fourth-order valence-electron chi connectivity index (χ4n) is 2.70. The molecule has 1 aliphatic heterocycles. The first-order valence-corrected chi connectivity index (χ1v) is 7.42. The van der Waals surface area contributed by atoms with E-state index in [1.807, 2.05) is 0 Å². The second-order valence-electron chi connectivity index (χ2n) is 5.67. The van der Waals surface area contributed by atoms with E-state index in [1.165, 1.54) is 24.9 Å². The summed E-state index contributed by atoms with van der Waals surface area (Å²) >= 11 is 0. The molecular formula is C16H19FN4O. The van der Waals surface area contributed by atoms with Crippen molar-refractivity contribution in [3.05, 3.63) is 36.4 Å². The van der Waals surface area contributed by atoms with Gasteiger partial charge in [0.1, 0.15) is 23.6 Å². The van der Waals surface area contributed by atoms with Crippen LogP contribution in [-0.2, 0) is 0 Å². The van der Waals surface area contributed by atoms with Crippen LogP contribution in [0, 0.1) is 11.7 Å². The maximum absolute atomic E-state index is 12.9. The molecule has 0 saturated carbocycles. The van der Waals surface area contributed by atoms with Gasteiger partial charge in [-0.05, 0) is 43.0 Å². The van der Waals surface area contributed by atoms with E-state index in [-0.39, 0.29) is 5.82 Å². The minimum atomic E-state index is -0.314. The summed E-state index contributed by atoms with van der Waals surface area (Å²) < 4.78 is 18.6. The summed E-state index contributed by atoms with van der Waals surface area (Å²) in [6.07, 6.45) is 3.79. The van der Waals surface area contributed by atoms with Crippen LogP contribution in [-0.4, -0.2) is 23.1 Å². The van der Waals surface area contributed by atoms with Gasteiger partial charge in [-0.2, -0.15) is 4.98 Å². The number of hydrogen-bond donors (Lipinski definition) is 1. The highest BCUT2D eigenvalue weighted by atomic mass is 19.1.